The molecule has 138 valence electrons. The lowest BCUT2D eigenvalue weighted by molar-refractivity contribution is -0.170. The normalized spacial score (nSPS) is 11.9. The lowest BCUT2D eigenvalue weighted by Gasteiger charge is -2.14. The molecule has 0 aromatic rings. The molecule has 0 heterocycles. The fourth-order valence-corrected chi connectivity index (χ4v) is 1.68. The van der Waals surface area contributed by atoms with Crippen molar-refractivity contribution in [2.24, 2.45) is 11.8 Å². The lowest BCUT2D eigenvalue weighted by Crippen LogP contribution is -2.42. The first-order valence-electron chi connectivity index (χ1n) is 7.97. The minimum Gasteiger partial charge on any atom is -0.480 e. The summed E-state index contributed by atoms with van der Waals surface area (Å²) in [6, 6.07) is -1.37. The van der Waals surface area contributed by atoms with Gasteiger partial charge in [-0.1, -0.05) is 34.1 Å². The summed E-state index contributed by atoms with van der Waals surface area (Å²) in [6.07, 6.45) is 1.16. The number of hydrogen-bond donors (Lipinski definition) is 2. The average Bonchev–Trinajstić information content (AvgIpc) is 2.45. The Bertz CT molecular complexity index is 446. The van der Waals surface area contributed by atoms with Crippen molar-refractivity contribution in [3.05, 3.63) is 0 Å². The summed E-state index contributed by atoms with van der Waals surface area (Å²) in [7, 11) is 0. The first kappa shape index (κ1) is 21.9. The van der Waals surface area contributed by atoms with Gasteiger partial charge in [-0.3, -0.25) is 14.4 Å². The van der Waals surface area contributed by atoms with E-state index in [2.05, 4.69) is 14.8 Å². The Hall–Kier alpha value is -2.12. The Morgan fingerprint density at radius 3 is 2.17 bits per heavy atom. The summed E-state index contributed by atoms with van der Waals surface area (Å²) in [5.74, 6) is -3.07. The maximum atomic E-state index is 11.7. The summed E-state index contributed by atoms with van der Waals surface area (Å²) in [5, 5.41) is 11.4. The number of nitrogens with one attached hydrogen (secondary N) is 1. The van der Waals surface area contributed by atoms with E-state index in [-0.39, 0.29) is 12.3 Å². The van der Waals surface area contributed by atoms with Gasteiger partial charge in [-0.15, -0.1) is 0 Å². The summed E-state index contributed by atoms with van der Waals surface area (Å²) >= 11 is 0. The number of ether oxygens (including phenoxy) is 2. The second-order valence-electron chi connectivity index (χ2n) is 6.20. The third-order valence-electron chi connectivity index (χ3n) is 3.08. The molecule has 0 rings (SSSR count). The molecule has 1 amide bonds. The molecule has 0 aliphatic rings. The fourth-order valence-electron chi connectivity index (χ4n) is 1.68. The van der Waals surface area contributed by atoms with Gasteiger partial charge in [-0.2, -0.15) is 0 Å². The maximum Gasteiger partial charge on any atom is 0.326 e. The van der Waals surface area contributed by atoms with Crippen molar-refractivity contribution in [1.29, 1.82) is 0 Å². The van der Waals surface area contributed by atoms with E-state index in [9.17, 15) is 19.2 Å². The van der Waals surface area contributed by atoms with E-state index >= 15 is 0 Å². The highest BCUT2D eigenvalue weighted by Crippen LogP contribution is 2.06. The van der Waals surface area contributed by atoms with Gasteiger partial charge in [-0.05, 0) is 12.3 Å². The molecule has 0 aliphatic carbocycles. The van der Waals surface area contributed by atoms with Crippen LogP contribution in [0.25, 0.3) is 0 Å². The summed E-state index contributed by atoms with van der Waals surface area (Å²) in [5.41, 5.74) is 0. The standard InChI is InChI=1S/C16H27NO7/c1-10(2)6-5-7-13(18)17-12(15(20)21)8-14(19)23-9-24-16(22)11(3)4/h10-12H,5-9H2,1-4H3,(H,17,18)(H,20,21). The first-order valence-corrected chi connectivity index (χ1v) is 7.97. The number of rotatable bonds is 11. The minimum atomic E-state index is -1.37. The van der Waals surface area contributed by atoms with E-state index in [1.165, 1.54) is 0 Å². The molecule has 0 saturated heterocycles. The Morgan fingerprint density at radius 2 is 1.67 bits per heavy atom. The summed E-state index contributed by atoms with van der Waals surface area (Å²) in [6.45, 7) is 6.73. The van der Waals surface area contributed by atoms with Gasteiger partial charge in [0.1, 0.15) is 6.04 Å². The number of aliphatic carboxylic acids is 1. The topological polar surface area (TPSA) is 119 Å². The Kier molecular flexibility index (Phi) is 10.4. The lowest BCUT2D eigenvalue weighted by atomic mass is 10.1. The molecule has 0 fully saturated rings. The minimum absolute atomic E-state index is 0.197. The molecule has 0 aromatic heterocycles. The molecule has 8 heteroatoms. The van der Waals surface area contributed by atoms with Crippen LogP contribution < -0.4 is 5.32 Å². The molecule has 0 radical (unpaired) electrons. The maximum absolute atomic E-state index is 11.7. The predicted molar refractivity (Wildman–Crippen MR) is 84.8 cm³/mol. The molecule has 1 atom stereocenters. The van der Waals surface area contributed by atoms with E-state index in [1.807, 2.05) is 13.8 Å². The SMILES string of the molecule is CC(C)CCCC(=O)NC(CC(=O)OCOC(=O)C(C)C)C(=O)O. The predicted octanol–water partition coefficient (Wildman–Crippen LogP) is 1.47. The smallest absolute Gasteiger partial charge is 0.326 e. The zero-order chi connectivity index (χ0) is 18.7. The second-order valence-corrected chi connectivity index (χ2v) is 6.20. The molecule has 0 bridgehead atoms. The zero-order valence-electron chi connectivity index (χ0n) is 14.7. The van der Waals surface area contributed by atoms with Gasteiger partial charge in [0, 0.05) is 6.42 Å². The molecule has 24 heavy (non-hydrogen) atoms. The van der Waals surface area contributed by atoms with Crippen molar-refractivity contribution >= 4 is 23.8 Å². The van der Waals surface area contributed by atoms with Crippen LogP contribution in [-0.4, -0.2) is 41.8 Å². The Morgan fingerprint density at radius 1 is 1.04 bits per heavy atom. The van der Waals surface area contributed by atoms with Crippen molar-refractivity contribution in [3.8, 4) is 0 Å². The number of carboxylic acids is 1. The van der Waals surface area contributed by atoms with Crippen molar-refractivity contribution in [2.45, 2.75) is 59.4 Å². The molecular formula is C16H27NO7. The van der Waals surface area contributed by atoms with Crippen LogP contribution in [0.3, 0.4) is 0 Å². The van der Waals surface area contributed by atoms with Crippen LogP contribution in [-0.2, 0) is 28.7 Å². The van der Waals surface area contributed by atoms with E-state index in [0.717, 1.165) is 6.42 Å². The molecular weight excluding hydrogens is 318 g/mol. The van der Waals surface area contributed by atoms with E-state index < -0.39 is 43.1 Å². The highest BCUT2D eigenvalue weighted by molar-refractivity contribution is 5.87. The molecule has 0 aliphatic heterocycles. The van der Waals surface area contributed by atoms with Crippen LogP contribution in [0, 0.1) is 11.8 Å². The Labute approximate surface area is 141 Å². The number of hydrogen-bond acceptors (Lipinski definition) is 6. The first-order chi connectivity index (χ1) is 11.1. The molecule has 0 aromatic carbocycles. The van der Waals surface area contributed by atoms with Crippen molar-refractivity contribution < 1.29 is 33.8 Å². The van der Waals surface area contributed by atoms with Crippen LogP contribution in [0.5, 0.6) is 0 Å². The van der Waals surface area contributed by atoms with Gasteiger partial charge in [0.2, 0.25) is 12.7 Å². The molecule has 2 N–H and O–H groups in total. The third-order valence-corrected chi connectivity index (χ3v) is 3.08. The molecule has 8 nitrogen and oxygen atoms in total. The van der Waals surface area contributed by atoms with Gasteiger partial charge in [0.25, 0.3) is 0 Å². The van der Waals surface area contributed by atoms with Crippen molar-refractivity contribution in [1.82, 2.24) is 5.32 Å². The second kappa shape index (κ2) is 11.4. The number of carboxylic acid groups (broad SMARTS) is 1. The van der Waals surface area contributed by atoms with Gasteiger partial charge < -0.3 is 19.9 Å². The summed E-state index contributed by atoms with van der Waals surface area (Å²) < 4.78 is 9.30. The van der Waals surface area contributed by atoms with Gasteiger partial charge >= 0.3 is 17.9 Å². The number of amides is 1. The quantitative estimate of drug-likeness (QED) is 0.430. The fraction of sp³-hybridized carbons (Fsp3) is 0.750. The highest BCUT2D eigenvalue weighted by Gasteiger charge is 2.24. The van der Waals surface area contributed by atoms with Gasteiger partial charge in [0.15, 0.2) is 0 Å². The number of esters is 2. The molecule has 0 spiro atoms. The third kappa shape index (κ3) is 10.6. The van der Waals surface area contributed by atoms with Crippen LogP contribution >= 0.6 is 0 Å². The average molecular weight is 345 g/mol. The van der Waals surface area contributed by atoms with Gasteiger partial charge in [0.05, 0.1) is 12.3 Å². The van der Waals surface area contributed by atoms with Crippen LogP contribution in [0.15, 0.2) is 0 Å². The highest BCUT2D eigenvalue weighted by atomic mass is 16.7. The van der Waals surface area contributed by atoms with Gasteiger partial charge in [-0.25, -0.2) is 4.79 Å². The monoisotopic (exact) mass is 345 g/mol. The number of carbonyl (C=O) groups excluding carboxylic acids is 3. The molecule has 1 unspecified atom stereocenters. The Balaban J connectivity index is 4.23. The summed E-state index contributed by atoms with van der Waals surface area (Å²) in [4.78, 5) is 45.6. The zero-order valence-corrected chi connectivity index (χ0v) is 14.7. The van der Waals surface area contributed by atoms with E-state index in [4.69, 9.17) is 5.11 Å². The largest absolute Gasteiger partial charge is 0.480 e. The van der Waals surface area contributed by atoms with Crippen LogP contribution in [0.1, 0.15) is 53.4 Å². The van der Waals surface area contributed by atoms with E-state index in [0.29, 0.717) is 12.3 Å². The van der Waals surface area contributed by atoms with Crippen LogP contribution in [0.4, 0.5) is 0 Å². The number of carbonyl (C=O) groups is 4. The van der Waals surface area contributed by atoms with E-state index in [1.54, 1.807) is 13.8 Å². The molecule has 0 saturated carbocycles. The van der Waals surface area contributed by atoms with Crippen molar-refractivity contribution in [2.75, 3.05) is 6.79 Å². The van der Waals surface area contributed by atoms with Crippen molar-refractivity contribution in [3.63, 3.8) is 0 Å². The van der Waals surface area contributed by atoms with Crippen LogP contribution in [0.2, 0.25) is 0 Å².